The molecule has 0 radical (unpaired) electrons. The van der Waals surface area contributed by atoms with Crippen molar-refractivity contribution in [2.24, 2.45) is 0 Å². The number of ether oxygens (including phenoxy) is 1. The zero-order chi connectivity index (χ0) is 14.7. The highest BCUT2D eigenvalue weighted by molar-refractivity contribution is 5.91. The standard InChI is InChI=1S/C14H11N3O3/c1-8-3-4-11(13(18)19)12(5-8)20-14-16-9(2)6-10(7-15)17-14/h3-6H,1-2H3,(H,18,19). The van der Waals surface area contributed by atoms with Gasteiger partial charge in [-0.2, -0.15) is 10.2 Å². The Balaban J connectivity index is 2.44. The van der Waals surface area contributed by atoms with Crippen LogP contribution in [-0.2, 0) is 0 Å². The topological polar surface area (TPSA) is 96.1 Å². The summed E-state index contributed by atoms with van der Waals surface area (Å²) in [5.41, 5.74) is 1.59. The number of benzene rings is 1. The van der Waals surface area contributed by atoms with Crippen molar-refractivity contribution in [2.75, 3.05) is 0 Å². The minimum absolute atomic E-state index is 0.0132. The van der Waals surface area contributed by atoms with Gasteiger partial charge < -0.3 is 9.84 Å². The minimum Gasteiger partial charge on any atom is -0.478 e. The Morgan fingerprint density at radius 2 is 2.05 bits per heavy atom. The molecule has 1 aromatic heterocycles. The predicted molar refractivity (Wildman–Crippen MR) is 69.7 cm³/mol. The number of aromatic nitrogens is 2. The number of aromatic carboxylic acids is 1. The Hall–Kier alpha value is -2.94. The number of hydrogen-bond acceptors (Lipinski definition) is 5. The number of carbonyl (C=O) groups is 1. The molecule has 2 rings (SSSR count). The number of hydrogen-bond donors (Lipinski definition) is 1. The summed E-state index contributed by atoms with van der Waals surface area (Å²) in [5.74, 6) is -0.958. The summed E-state index contributed by atoms with van der Waals surface area (Å²) in [4.78, 5) is 19.1. The van der Waals surface area contributed by atoms with Crippen molar-refractivity contribution >= 4 is 5.97 Å². The Morgan fingerprint density at radius 1 is 1.30 bits per heavy atom. The Morgan fingerprint density at radius 3 is 2.70 bits per heavy atom. The molecule has 1 aromatic carbocycles. The molecule has 0 amide bonds. The van der Waals surface area contributed by atoms with E-state index in [1.54, 1.807) is 19.1 Å². The number of nitrogens with zero attached hydrogens (tertiary/aromatic N) is 3. The minimum atomic E-state index is -1.10. The first kappa shape index (κ1) is 13.5. The first-order valence-electron chi connectivity index (χ1n) is 5.77. The lowest BCUT2D eigenvalue weighted by molar-refractivity contribution is 0.0694. The van der Waals surface area contributed by atoms with Gasteiger partial charge in [0, 0.05) is 5.69 Å². The molecule has 0 saturated heterocycles. The van der Waals surface area contributed by atoms with Crippen LogP contribution in [0.15, 0.2) is 24.3 Å². The average Bonchev–Trinajstić information content (AvgIpc) is 2.37. The van der Waals surface area contributed by atoms with E-state index in [9.17, 15) is 4.79 Å². The predicted octanol–water partition coefficient (Wildman–Crippen LogP) is 2.46. The van der Waals surface area contributed by atoms with Crippen molar-refractivity contribution in [3.05, 3.63) is 46.8 Å². The van der Waals surface area contributed by atoms with Crippen molar-refractivity contribution in [3.63, 3.8) is 0 Å². The van der Waals surface area contributed by atoms with Gasteiger partial charge in [0.2, 0.25) is 0 Å². The van der Waals surface area contributed by atoms with Crippen molar-refractivity contribution < 1.29 is 14.6 Å². The van der Waals surface area contributed by atoms with Crippen molar-refractivity contribution in [1.82, 2.24) is 9.97 Å². The molecule has 6 nitrogen and oxygen atoms in total. The van der Waals surface area contributed by atoms with Gasteiger partial charge in [-0.25, -0.2) is 9.78 Å². The first-order chi connectivity index (χ1) is 9.49. The smallest absolute Gasteiger partial charge is 0.339 e. The van der Waals surface area contributed by atoms with Crippen LogP contribution in [0.25, 0.3) is 0 Å². The third kappa shape index (κ3) is 2.90. The number of nitriles is 1. The molecular formula is C14H11N3O3. The SMILES string of the molecule is Cc1ccc(C(=O)O)c(Oc2nc(C)cc(C#N)n2)c1. The molecule has 6 heteroatoms. The number of carboxylic acid groups (broad SMARTS) is 1. The Labute approximate surface area is 115 Å². The molecule has 0 unspecified atom stereocenters. The van der Waals surface area contributed by atoms with Crippen molar-refractivity contribution in [3.8, 4) is 17.8 Å². The fourth-order valence-electron chi connectivity index (χ4n) is 1.63. The van der Waals surface area contributed by atoms with Gasteiger partial charge in [0.1, 0.15) is 23.1 Å². The highest BCUT2D eigenvalue weighted by atomic mass is 16.5. The van der Waals surface area contributed by atoms with E-state index in [2.05, 4.69) is 9.97 Å². The summed E-state index contributed by atoms with van der Waals surface area (Å²) in [6.45, 7) is 3.51. The maximum Gasteiger partial charge on any atom is 0.339 e. The van der Waals surface area contributed by atoms with Gasteiger partial charge in [-0.1, -0.05) is 6.07 Å². The molecule has 1 heterocycles. The van der Waals surface area contributed by atoms with Gasteiger partial charge in [0.05, 0.1) is 0 Å². The van der Waals surface area contributed by atoms with Crippen LogP contribution in [0.1, 0.15) is 27.3 Å². The highest BCUT2D eigenvalue weighted by Crippen LogP contribution is 2.24. The molecule has 0 aliphatic rings. The summed E-state index contributed by atoms with van der Waals surface area (Å²) in [6.07, 6.45) is 0. The van der Waals surface area contributed by atoms with E-state index in [0.29, 0.717) is 5.69 Å². The molecule has 0 aliphatic heterocycles. The highest BCUT2D eigenvalue weighted by Gasteiger charge is 2.14. The van der Waals surface area contributed by atoms with Crippen LogP contribution in [0.5, 0.6) is 11.8 Å². The molecule has 0 saturated carbocycles. The van der Waals surface area contributed by atoms with Gasteiger partial charge >= 0.3 is 12.0 Å². The van der Waals surface area contributed by atoms with Crippen LogP contribution in [0, 0.1) is 25.2 Å². The Kier molecular flexibility index (Phi) is 3.62. The molecule has 0 bridgehead atoms. The first-order valence-corrected chi connectivity index (χ1v) is 5.77. The van der Waals surface area contributed by atoms with E-state index in [1.165, 1.54) is 12.1 Å². The summed E-state index contributed by atoms with van der Waals surface area (Å²) < 4.78 is 5.42. The lowest BCUT2D eigenvalue weighted by atomic mass is 10.1. The summed E-state index contributed by atoms with van der Waals surface area (Å²) in [6, 6.07) is 8.08. The van der Waals surface area contributed by atoms with Crippen molar-refractivity contribution in [1.29, 1.82) is 5.26 Å². The fraction of sp³-hybridized carbons (Fsp3) is 0.143. The van der Waals surface area contributed by atoms with E-state index in [4.69, 9.17) is 15.1 Å². The number of rotatable bonds is 3. The van der Waals surface area contributed by atoms with E-state index < -0.39 is 5.97 Å². The largest absolute Gasteiger partial charge is 0.478 e. The van der Waals surface area contributed by atoms with E-state index in [-0.39, 0.29) is 23.0 Å². The molecule has 2 aromatic rings. The van der Waals surface area contributed by atoms with Crippen molar-refractivity contribution in [2.45, 2.75) is 13.8 Å². The summed E-state index contributed by atoms with van der Waals surface area (Å²) in [5, 5.41) is 18.0. The number of carboxylic acids is 1. The molecule has 1 N–H and O–H groups in total. The van der Waals surface area contributed by atoms with Crippen LogP contribution >= 0.6 is 0 Å². The van der Waals surface area contributed by atoms with Crippen LogP contribution in [-0.4, -0.2) is 21.0 Å². The normalized spacial score (nSPS) is 9.85. The molecule has 0 atom stereocenters. The van der Waals surface area contributed by atoms with Crippen LogP contribution in [0.3, 0.4) is 0 Å². The van der Waals surface area contributed by atoms with Gasteiger partial charge in [0.25, 0.3) is 0 Å². The van der Waals surface area contributed by atoms with Gasteiger partial charge in [0.15, 0.2) is 0 Å². The fourth-order valence-corrected chi connectivity index (χ4v) is 1.63. The maximum absolute atomic E-state index is 11.1. The third-order valence-electron chi connectivity index (χ3n) is 2.52. The molecule has 0 spiro atoms. The summed E-state index contributed by atoms with van der Waals surface area (Å²) >= 11 is 0. The number of aryl methyl sites for hydroxylation is 2. The van der Waals surface area contributed by atoms with E-state index in [0.717, 1.165) is 5.56 Å². The molecule has 100 valence electrons. The van der Waals surface area contributed by atoms with Gasteiger partial charge in [-0.05, 0) is 37.6 Å². The quantitative estimate of drug-likeness (QED) is 0.919. The van der Waals surface area contributed by atoms with E-state index in [1.807, 2.05) is 13.0 Å². The third-order valence-corrected chi connectivity index (χ3v) is 2.52. The zero-order valence-corrected chi connectivity index (χ0v) is 10.9. The van der Waals surface area contributed by atoms with Crippen LogP contribution in [0.4, 0.5) is 0 Å². The van der Waals surface area contributed by atoms with Crippen LogP contribution in [0.2, 0.25) is 0 Å². The maximum atomic E-state index is 11.1. The second-order valence-corrected chi connectivity index (χ2v) is 4.20. The second-order valence-electron chi connectivity index (χ2n) is 4.20. The van der Waals surface area contributed by atoms with Gasteiger partial charge in [-0.3, -0.25) is 0 Å². The molecule has 20 heavy (non-hydrogen) atoms. The summed E-state index contributed by atoms with van der Waals surface area (Å²) in [7, 11) is 0. The lowest BCUT2D eigenvalue weighted by Crippen LogP contribution is -2.03. The Bertz CT molecular complexity index is 720. The van der Waals surface area contributed by atoms with Gasteiger partial charge in [-0.15, -0.1) is 0 Å². The van der Waals surface area contributed by atoms with Crippen LogP contribution < -0.4 is 4.74 Å². The molecule has 0 aliphatic carbocycles. The monoisotopic (exact) mass is 269 g/mol. The average molecular weight is 269 g/mol. The molecule has 0 fully saturated rings. The zero-order valence-electron chi connectivity index (χ0n) is 10.9. The second kappa shape index (κ2) is 5.36. The van der Waals surface area contributed by atoms with E-state index >= 15 is 0 Å². The lowest BCUT2D eigenvalue weighted by Gasteiger charge is -2.08. The molecular weight excluding hydrogens is 258 g/mol.